The van der Waals surface area contributed by atoms with Crippen molar-refractivity contribution in [2.75, 3.05) is 11.9 Å². The molecule has 1 amide bonds. The average molecular weight is 390 g/mol. The second-order valence-corrected chi connectivity index (χ2v) is 7.78. The zero-order chi connectivity index (χ0) is 18.7. The molecule has 1 N–H and O–H groups in total. The molecule has 3 aromatic rings. The van der Waals surface area contributed by atoms with Gasteiger partial charge in [-0.3, -0.25) is 14.2 Å². The largest absolute Gasteiger partial charge is 0.492 e. The summed E-state index contributed by atoms with van der Waals surface area (Å²) in [5, 5.41) is 5.42. The number of benzene rings is 1. The molecule has 1 aromatic carbocycles. The van der Waals surface area contributed by atoms with Crippen LogP contribution in [0.2, 0.25) is 0 Å². The highest BCUT2D eigenvalue weighted by atomic mass is 32.2. The number of nitrogens with zero attached hydrogens (tertiary/aromatic N) is 2. The van der Waals surface area contributed by atoms with Gasteiger partial charge in [-0.1, -0.05) is 23.9 Å². The quantitative estimate of drug-likeness (QED) is 0.516. The minimum atomic E-state index is -0.430. The SMILES string of the molecule is CCOc1ccccc1NC(=O)C(C)Sc1nc2sccc2c(=O)n1C. The van der Waals surface area contributed by atoms with Crippen LogP contribution < -0.4 is 15.6 Å². The highest BCUT2D eigenvalue weighted by Gasteiger charge is 2.19. The van der Waals surface area contributed by atoms with Crippen LogP contribution in [0.25, 0.3) is 10.2 Å². The predicted molar refractivity (Wildman–Crippen MR) is 106 cm³/mol. The molecular weight excluding hydrogens is 370 g/mol. The van der Waals surface area contributed by atoms with Crippen molar-refractivity contribution in [3.05, 3.63) is 46.1 Å². The van der Waals surface area contributed by atoms with E-state index in [1.807, 2.05) is 30.5 Å². The lowest BCUT2D eigenvalue weighted by Crippen LogP contribution is -2.25. The van der Waals surface area contributed by atoms with Crippen LogP contribution in [0.15, 0.2) is 45.7 Å². The highest BCUT2D eigenvalue weighted by Crippen LogP contribution is 2.27. The smallest absolute Gasteiger partial charge is 0.262 e. The monoisotopic (exact) mass is 389 g/mol. The van der Waals surface area contributed by atoms with E-state index >= 15 is 0 Å². The first-order valence-corrected chi connectivity index (χ1v) is 9.90. The lowest BCUT2D eigenvalue weighted by molar-refractivity contribution is -0.115. The summed E-state index contributed by atoms with van der Waals surface area (Å²) in [7, 11) is 1.67. The number of rotatable bonds is 6. The Labute approximate surface area is 159 Å². The number of nitrogens with one attached hydrogen (secondary N) is 1. The molecule has 26 heavy (non-hydrogen) atoms. The van der Waals surface area contributed by atoms with Gasteiger partial charge in [-0.15, -0.1) is 11.3 Å². The van der Waals surface area contributed by atoms with Gasteiger partial charge in [0.2, 0.25) is 5.91 Å². The molecule has 1 unspecified atom stereocenters. The number of carbonyl (C=O) groups is 1. The molecule has 1 atom stereocenters. The Hall–Kier alpha value is -2.32. The number of para-hydroxylation sites is 2. The normalized spacial score (nSPS) is 12.1. The molecule has 2 heterocycles. The van der Waals surface area contributed by atoms with Crippen molar-refractivity contribution in [2.45, 2.75) is 24.3 Å². The summed E-state index contributed by atoms with van der Waals surface area (Å²) >= 11 is 2.67. The number of ether oxygens (including phenoxy) is 1. The molecule has 0 spiro atoms. The van der Waals surface area contributed by atoms with Crippen molar-refractivity contribution >= 4 is 44.9 Å². The van der Waals surface area contributed by atoms with Gasteiger partial charge in [0.25, 0.3) is 5.56 Å². The van der Waals surface area contributed by atoms with Crippen LogP contribution in [0.5, 0.6) is 5.75 Å². The van der Waals surface area contributed by atoms with Gasteiger partial charge in [-0.05, 0) is 37.4 Å². The Kier molecular flexibility index (Phi) is 5.63. The molecule has 0 aliphatic carbocycles. The lowest BCUT2D eigenvalue weighted by Gasteiger charge is -2.15. The van der Waals surface area contributed by atoms with Gasteiger partial charge in [-0.2, -0.15) is 0 Å². The molecule has 6 nitrogen and oxygen atoms in total. The van der Waals surface area contributed by atoms with Gasteiger partial charge in [0, 0.05) is 7.05 Å². The van der Waals surface area contributed by atoms with Gasteiger partial charge >= 0.3 is 0 Å². The molecular formula is C18H19N3O3S2. The lowest BCUT2D eigenvalue weighted by atomic mass is 10.3. The minimum Gasteiger partial charge on any atom is -0.492 e. The number of thiophene rings is 1. The molecule has 0 saturated heterocycles. The van der Waals surface area contributed by atoms with E-state index in [4.69, 9.17) is 4.74 Å². The highest BCUT2D eigenvalue weighted by molar-refractivity contribution is 8.00. The fraction of sp³-hybridized carbons (Fsp3) is 0.278. The fourth-order valence-corrected chi connectivity index (χ4v) is 4.06. The summed E-state index contributed by atoms with van der Waals surface area (Å²) in [6, 6.07) is 9.07. The average Bonchev–Trinajstić information content (AvgIpc) is 3.09. The van der Waals surface area contributed by atoms with Crippen molar-refractivity contribution in [3.8, 4) is 5.75 Å². The number of aromatic nitrogens is 2. The Morgan fingerprint density at radius 1 is 1.38 bits per heavy atom. The van der Waals surface area contributed by atoms with Crippen molar-refractivity contribution < 1.29 is 9.53 Å². The topological polar surface area (TPSA) is 73.2 Å². The summed E-state index contributed by atoms with van der Waals surface area (Å²) in [5.41, 5.74) is 0.524. The van der Waals surface area contributed by atoms with E-state index < -0.39 is 5.25 Å². The predicted octanol–water partition coefficient (Wildman–Crippen LogP) is 3.51. The van der Waals surface area contributed by atoms with Crippen LogP contribution >= 0.6 is 23.1 Å². The number of amides is 1. The Morgan fingerprint density at radius 3 is 2.92 bits per heavy atom. The summed E-state index contributed by atoms with van der Waals surface area (Å²) in [6.45, 7) is 4.20. The zero-order valence-corrected chi connectivity index (χ0v) is 16.3. The van der Waals surface area contributed by atoms with Crippen LogP contribution in [0.4, 0.5) is 5.69 Å². The van der Waals surface area contributed by atoms with E-state index in [1.54, 1.807) is 26.1 Å². The van der Waals surface area contributed by atoms with Crippen LogP contribution in [-0.4, -0.2) is 27.3 Å². The maximum Gasteiger partial charge on any atom is 0.262 e. The van der Waals surface area contributed by atoms with Crippen molar-refractivity contribution in [1.29, 1.82) is 0 Å². The zero-order valence-electron chi connectivity index (χ0n) is 14.7. The van der Waals surface area contributed by atoms with Gasteiger partial charge < -0.3 is 10.1 Å². The third-order valence-corrected chi connectivity index (χ3v) is 5.71. The minimum absolute atomic E-state index is 0.104. The molecule has 136 valence electrons. The second kappa shape index (κ2) is 7.92. The first kappa shape index (κ1) is 18.5. The molecule has 0 aliphatic heterocycles. The Balaban J connectivity index is 1.78. The molecule has 3 rings (SSSR count). The number of anilines is 1. The first-order chi connectivity index (χ1) is 12.5. The number of fused-ring (bicyclic) bond motifs is 1. The van der Waals surface area contributed by atoms with Crippen molar-refractivity contribution in [3.63, 3.8) is 0 Å². The molecule has 0 aliphatic rings. The van der Waals surface area contributed by atoms with Crippen LogP contribution in [0.3, 0.4) is 0 Å². The van der Waals surface area contributed by atoms with E-state index in [0.717, 1.165) is 0 Å². The van der Waals surface area contributed by atoms with Gasteiger partial charge in [-0.25, -0.2) is 4.98 Å². The van der Waals surface area contributed by atoms with Gasteiger partial charge in [0.05, 0.1) is 22.9 Å². The third-order valence-electron chi connectivity index (χ3n) is 3.76. The van der Waals surface area contributed by atoms with E-state index in [0.29, 0.717) is 33.4 Å². The van der Waals surface area contributed by atoms with Crippen molar-refractivity contribution in [1.82, 2.24) is 9.55 Å². The molecule has 0 bridgehead atoms. The number of thioether (sulfide) groups is 1. The molecule has 2 aromatic heterocycles. The molecule has 0 saturated carbocycles. The van der Waals surface area contributed by atoms with Crippen molar-refractivity contribution in [2.24, 2.45) is 7.05 Å². The summed E-state index contributed by atoms with van der Waals surface area (Å²) in [6.07, 6.45) is 0. The maximum atomic E-state index is 12.6. The summed E-state index contributed by atoms with van der Waals surface area (Å²) in [5.74, 6) is 0.453. The summed E-state index contributed by atoms with van der Waals surface area (Å²) < 4.78 is 7.02. The number of hydrogen-bond acceptors (Lipinski definition) is 6. The standard InChI is InChI=1S/C18H19N3O3S2/c1-4-24-14-8-6-5-7-13(14)19-15(22)11(2)26-18-20-16-12(9-10-25-16)17(23)21(18)3/h5-11H,4H2,1-3H3,(H,19,22). The van der Waals surface area contributed by atoms with Gasteiger partial charge in [0.1, 0.15) is 10.6 Å². The third kappa shape index (κ3) is 3.76. The van der Waals surface area contributed by atoms with E-state index in [1.165, 1.54) is 27.7 Å². The van der Waals surface area contributed by atoms with E-state index in [9.17, 15) is 9.59 Å². The summed E-state index contributed by atoms with van der Waals surface area (Å²) in [4.78, 5) is 30.1. The number of carbonyl (C=O) groups excluding carboxylic acids is 1. The van der Waals surface area contributed by atoms with E-state index in [-0.39, 0.29) is 11.5 Å². The molecule has 0 radical (unpaired) electrons. The van der Waals surface area contributed by atoms with Crippen LogP contribution in [-0.2, 0) is 11.8 Å². The van der Waals surface area contributed by atoms with E-state index in [2.05, 4.69) is 10.3 Å². The molecule has 8 heteroatoms. The maximum absolute atomic E-state index is 12.6. The van der Waals surface area contributed by atoms with Gasteiger partial charge in [0.15, 0.2) is 5.16 Å². The second-order valence-electron chi connectivity index (χ2n) is 5.58. The molecule has 0 fully saturated rings. The Morgan fingerprint density at radius 2 is 2.15 bits per heavy atom. The van der Waals surface area contributed by atoms with Crippen LogP contribution in [0.1, 0.15) is 13.8 Å². The fourth-order valence-electron chi connectivity index (χ4n) is 2.38. The Bertz CT molecular complexity index is 997. The first-order valence-electron chi connectivity index (χ1n) is 8.14. The number of hydrogen-bond donors (Lipinski definition) is 1. The van der Waals surface area contributed by atoms with Crippen LogP contribution in [0, 0.1) is 0 Å².